The van der Waals surface area contributed by atoms with Crippen molar-refractivity contribution >= 4 is 17.1 Å². The summed E-state index contributed by atoms with van der Waals surface area (Å²) in [6.07, 6.45) is 0.498. The molecular weight excluding hydrogens is 252 g/mol. The Morgan fingerprint density at radius 3 is 2.26 bits per heavy atom. The first-order valence-electron chi connectivity index (χ1n) is 6.66. The number of aryl methyl sites for hydroxylation is 2. The van der Waals surface area contributed by atoms with Gasteiger partial charge in [-0.1, -0.05) is 38.1 Å². The predicted molar refractivity (Wildman–Crippen MR) is 82.4 cm³/mol. The molecule has 0 amide bonds. The van der Waals surface area contributed by atoms with Crippen LogP contribution in [0, 0.1) is 13.8 Å². The molecule has 1 aromatic carbocycles. The van der Waals surface area contributed by atoms with Crippen molar-refractivity contribution in [2.24, 2.45) is 0 Å². The van der Waals surface area contributed by atoms with Crippen molar-refractivity contribution in [3.05, 3.63) is 56.8 Å². The topological polar surface area (TPSA) is 17.1 Å². The first-order valence-corrected chi connectivity index (χ1v) is 7.48. The number of hydrogen-bond donors (Lipinski definition) is 0. The normalized spacial score (nSPS) is 11.0. The van der Waals surface area contributed by atoms with E-state index in [0.29, 0.717) is 12.3 Å². The Morgan fingerprint density at radius 2 is 1.79 bits per heavy atom. The minimum Gasteiger partial charge on any atom is -0.293 e. The first kappa shape index (κ1) is 14.0. The van der Waals surface area contributed by atoms with Gasteiger partial charge in [-0.15, -0.1) is 11.3 Å². The van der Waals surface area contributed by atoms with Gasteiger partial charge in [-0.2, -0.15) is 0 Å². The number of carbonyl (C=O) groups is 1. The lowest BCUT2D eigenvalue weighted by Gasteiger charge is -2.06. The van der Waals surface area contributed by atoms with Gasteiger partial charge in [0.05, 0.1) is 4.88 Å². The molecule has 2 rings (SSSR count). The molecular formula is C17H20OS. The number of benzene rings is 1. The van der Waals surface area contributed by atoms with E-state index in [1.807, 2.05) is 6.07 Å². The second-order valence-electron chi connectivity index (χ2n) is 5.35. The zero-order chi connectivity index (χ0) is 14.0. The Morgan fingerprint density at radius 1 is 1.16 bits per heavy atom. The van der Waals surface area contributed by atoms with Gasteiger partial charge < -0.3 is 0 Å². The van der Waals surface area contributed by atoms with E-state index in [2.05, 4.69) is 52.0 Å². The summed E-state index contributed by atoms with van der Waals surface area (Å²) in [5.41, 5.74) is 3.63. The highest BCUT2D eigenvalue weighted by molar-refractivity contribution is 7.14. The van der Waals surface area contributed by atoms with E-state index in [-0.39, 0.29) is 5.78 Å². The van der Waals surface area contributed by atoms with Crippen LogP contribution in [-0.2, 0) is 6.42 Å². The summed E-state index contributed by atoms with van der Waals surface area (Å²) in [6.45, 7) is 8.48. The molecule has 0 radical (unpaired) electrons. The fourth-order valence-electron chi connectivity index (χ4n) is 2.00. The lowest BCUT2D eigenvalue weighted by molar-refractivity contribution is 0.0997. The molecule has 2 heteroatoms. The minimum atomic E-state index is 0.221. The maximum atomic E-state index is 12.2. The van der Waals surface area contributed by atoms with Crippen molar-refractivity contribution in [1.82, 2.24) is 0 Å². The third kappa shape index (κ3) is 3.32. The first-order chi connectivity index (χ1) is 8.97. The summed E-state index contributed by atoms with van der Waals surface area (Å²) in [5.74, 6) is 0.755. The number of rotatable bonds is 4. The number of hydrogen-bond acceptors (Lipinski definition) is 2. The maximum absolute atomic E-state index is 12.2. The highest BCUT2D eigenvalue weighted by Crippen LogP contribution is 2.22. The molecule has 0 fully saturated rings. The zero-order valence-corrected chi connectivity index (χ0v) is 12.8. The van der Waals surface area contributed by atoms with Gasteiger partial charge in [0.2, 0.25) is 0 Å². The molecule has 0 aliphatic heterocycles. The Labute approximate surface area is 119 Å². The van der Waals surface area contributed by atoms with Gasteiger partial charge in [0, 0.05) is 11.3 Å². The van der Waals surface area contributed by atoms with Crippen LogP contribution in [0.1, 0.15) is 51.0 Å². The lowest BCUT2D eigenvalue weighted by Crippen LogP contribution is -2.01. The zero-order valence-electron chi connectivity index (χ0n) is 12.0. The van der Waals surface area contributed by atoms with Crippen LogP contribution >= 0.6 is 11.3 Å². The highest BCUT2D eigenvalue weighted by atomic mass is 32.1. The van der Waals surface area contributed by atoms with Crippen molar-refractivity contribution in [1.29, 1.82) is 0 Å². The van der Waals surface area contributed by atoms with E-state index in [4.69, 9.17) is 0 Å². The van der Waals surface area contributed by atoms with Crippen molar-refractivity contribution in [2.75, 3.05) is 0 Å². The molecule has 2 aromatic rings. The van der Waals surface area contributed by atoms with Gasteiger partial charge in [-0.25, -0.2) is 0 Å². The fraction of sp³-hybridized carbons (Fsp3) is 0.353. The molecule has 0 saturated carbocycles. The van der Waals surface area contributed by atoms with E-state index < -0.39 is 0 Å². The SMILES string of the molecule is Cc1cc(C(=O)Cc2ccc(C(C)C)cc2)sc1C. The molecule has 0 spiro atoms. The molecule has 19 heavy (non-hydrogen) atoms. The molecule has 100 valence electrons. The predicted octanol–water partition coefficient (Wildman–Crippen LogP) is 4.91. The van der Waals surface area contributed by atoms with Crippen LogP contribution < -0.4 is 0 Å². The van der Waals surface area contributed by atoms with Crippen molar-refractivity contribution < 1.29 is 4.79 Å². The molecule has 1 nitrogen and oxygen atoms in total. The van der Waals surface area contributed by atoms with Crippen LogP contribution in [0.25, 0.3) is 0 Å². The third-order valence-corrected chi connectivity index (χ3v) is 4.65. The van der Waals surface area contributed by atoms with Crippen molar-refractivity contribution in [3.63, 3.8) is 0 Å². The maximum Gasteiger partial charge on any atom is 0.177 e. The summed E-state index contributed by atoms with van der Waals surface area (Å²) in [5, 5.41) is 0. The molecule has 0 aliphatic rings. The Hall–Kier alpha value is -1.41. The van der Waals surface area contributed by atoms with E-state index in [1.54, 1.807) is 11.3 Å². The van der Waals surface area contributed by atoms with Gasteiger partial charge in [0.15, 0.2) is 5.78 Å². The number of ketones is 1. The van der Waals surface area contributed by atoms with Crippen LogP contribution in [-0.4, -0.2) is 5.78 Å². The van der Waals surface area contributed by atoms with Crippen LogP contribution in [0.5, 0.6) is 0 Å². The van der Waals surface area contributed by atoms with Crippen LogP contribution in [0.2, 0.25) is 0 Å². The molecule has 1 aromatic heterocycles. The Kier molecular flexibility index (Phi) is 4.20. The Bertz CT molecular complexity index is 556. The smallest absolute Gasteiger partial charge is 0.177 e. The monoisotopic (exact) mass is 272 g/mol. The van der Waals surface area contributed by atoms with Gasteiger partial charge in [0.25, 0.3) is 0 Å². The van der Waals surface area contributed by atoms with Crippen molar-refractivity contribution in [3.8, 4) is 0 Å². The summed E-state index contributed by atoms with van der Waals surface area (Å²) < 4.78 is 0. The molecule has 0 N–H and O–H groups in total. The van der Waals surface area contributed by atoms with Gasteiger partial charge in [-0.3, -0.25) is 4.79 Å². The summed E-state index contributed by atoms with van der Waals surface area (Å²) in [4.78, 5) is 14.3. The second-order valence-corrected chi connectivity index (χ2v) is 6.60. The van der Waals surface area contributed by atoms with Crippen LogP contribution in [0.4, 0.5) is 0 Å². The molecule has 0 unspecified atom stereocenters. The standard InChI is InChI=1S/C17H20OS/c1-11(2)15-7-5-14(6-8-15)10-16(18)17-9-12(3)13(4)19-17/h5-9,11H,10H2,1-4H3. The van der Waals surface area contributed by atoms with E-state index >= 15 is 0 Å². The number of Topliss-reactive ketones (excluding diaryl/α,β-unsaturated/α-hetero) is 1. The molecule has 0 saturated heterocycles. The van der Waals surface area contributed by atoms with Gasteiger partial charge in [0.1, 0.15) is 0 Å². The quantitative estimate of drug-likeness (QED) is 0.722. The average Bonchev–Trinajstić information content (AvgIpc) is 2.70. The fourth-order valence-corrected chi connectivity index (χ4v) is 2.97. The molecule has 0 bridgehead atoms. The molecule has 0 aliphatic carbocycles. The number of carbonyl (C=O) groups excluding carboxylic acids is 1. The van der Waals surface area contributed by atoms with E-state index in [9.17, 15) is 4.79 Å². The van der Waals surface area contributed by atoms with Gasteiger partial charge in [-0.05, 0) is 42.5 Å². The highest BCUT2D eigenvalue weighted by Gasteiger charge is 2.11. The summed E-state index contributed by atoms with van der Waals surface area (Å²) >= 11 is 1.60. The third-order valence-electron chi connectivity index (χ3n) is 3.45. The Balaban J connectivity index is 2.10. The van der Waals surface area contributed by atoms with E-state index in [0.717, 1.165) is 10.4 Å². The van der Waals surface area contributed by atoms with Crippen LogP contribution in [0.3, 0.4) is 0 Å². The average molecular weight is 272 g/mol. The van der Waals surface area contributed by atoms with E-state index in [1.165, 1.54) is 16.0 Å². The lowest BCUT2D eigenvalue weighted by atomic mass is 10.00. The van der Waals surface area contributed by atoms with Crippen LogP contribution in [0.15, 0.2) is 30.3 Å². The van der Waals surface area contributed by atoms with Gasteiger partial charge >= 0.3 is 0 Å². The molecule has 0 atom stereocenters. The largest absolute Gasteiger partial charge is 0.293 e. The summed E-state index contributed by atoms with van der Waals surface area (Å²) in [7, 11) is 0. The number of thiophene rings is 1. The molecule has 1 heterocycles. The summed E-state index contributed by atoms with van der Waals surface area (Å²) in [6, 6.07) is 10.4. The second kappa shape index (κ2) is 5.70. The van der Waals surface area contributed by atoms with Crippen molar-refractivity contribution in [2.45, 2.75) is 40.0 Å². The minimum absolute atomic E-state index is 0.221.